The number of nitro groups is 1. The zero-order valence-corrected chi connectivity index (χ0v) is 10.2. The molecule has 0 radical (unpaired) electrons. The van der Waals surface area contributed by atoms with Crippen molar-refractivity contribution in [2.24, 2.45) is 0 Å². The van der Waals surface area contributed by atoms with E-state index in [1.165, 1.54) is 0 Å². The third-order valence-corrected chi connectivity index (χ3v) is 3.29. The molecule has 0 saturated heterocycles. The molecule has 19 heavy (non-hydrogen) atoms. The van der Waals surface area contributed by atoms with Gasteiger partial charge in [0.05, 0.1) is 22.8 Å². The van der Waals surface area contributed by atoms with Crippen molar-refractivity contribution < 1.29 is 27.6 Å². The van der Waals surface area contributed by atoms with Crippen LogP contribution in [0.3, 0.4) is 0 Å². The fourth-order valence-electron chi connectivity index (χ4n) is 1.17. The Morgan fingerprint density at radius 2 is 2.11 bits per heavy atom. The number of nitrogens with one attached hydrogen (secondary N) is 1. The molecule has 1 aromatic carbocycles. The van der Waals surface area contributed by atoms with Gasteiger partial charge in [-0.3, -0.25) is 19.6 Å². The fraction of sp³-hybridized carbons (Fsp3) is 0.222. The summed E-state index contributed by atoms with van der Waals surface area (Å²) in [5.41, 5.74) is -1.09. The van der Waals surface area contributed by atoms with E-state index in [-0.39, 0.29) is 5.69 Å². The fourth-order valence-corrected chi connectivity index (χ4v) is 2.20. The molecule has 0 bridgehead atoms. The number of nitro benzene ring substituents is 1. The van der Waals surface area contributed by atoms with Gasteiger partial charge in [0.15, 0.2) is 0 Å². The van der Waals surface area contributed by atoms with Crippen LogP contribution in [0.25, 0.3) is 0 Å². The highest BCUT2D eigenvalue weighted by molar-refractivity contribution is 7.92. The van der Waals surface area contributed by atoms with Gasteiger partial charge in [0.1, 0.15) is 0 Å². The first-order valence-electron chi connectivity index (χ1n) is 4.87. The quantitative estimate of drug-likeness (QED) is 0.593. The topological polar surface area (TPSA) is 127 Å². The van der Waals surface area contributed by atoms with Crippen LogP contribution >= 0.6 is 0 Å². The number of carbonyl (C=O) groups is 1. The van der Waals surface area contributed by atoms with E-state index >= 15 is 0 Å². The second-order valence-electron chi connectivity index (χ2n) is 3.49. The molecule has 0 amide bonds. The number of carboxylic acids is 1. The van der Waals surface area contributed by atoms with Crippen molar-refractivity contribution in [2.75, 3.05) is 10.5 Å². The summed E-state index contributed by atoms with van der Waals surface area (Å²) in [4.78, 5) is 19.7. The number of aliphatic carboxylic acids is 1. The zero-order valence-electron chi connectivity index (χ0n) is 9.37. The standard InChI is InChI=1S/C9H9FN2O6S/c10-7-2-1-6(5-8(7)12(15)16)11-19(17,18)4-3-9(13)14/h1-2,5,11H,3-4H2,(H,13,14). The average molecular weight is 292 g/mol. The van der Waals surface area contributed by atoms with Crippen LogP contribution in [0.5, 0.6) is 0 Å². The number of anilines is 1. The Labute approximate surface area is 107 Å². The van der Waals surface area contributed by atoms with E-state index in [1.807, 2.05) is 4.72 Å². The third kappa shape index (κ3) is 4.50. The van der Waals surface area contributed by atoms with E-state index in [1.54, 1.807) is 0 Å². The van der Waals surface area contributed by atoms with Gasteiger partial charge in [-0.15, -0.1) is 0 Å². The molecular formula is C9H9FN2O6S. The summed E-state index contributed by atoms with van der Waals surface area (Å²) in [6, 6.07) is 2.46. The van der Waals surface area contributed by atoms with E-state index in [0.29, 0.717) is 6.07 Å². The monoisotopic (exact) mass is 292 g/mol. The molecular weight excluding hydrogens is 283 g/mol. The van der Waals surface area contributed by atoms with E-state index < -0.39 is 44.6 Å². The van der Waals surface area contributed by atoms with Gasteiger partial charge in [-0.2, -0.15) is 4.39 Å². The highest BCUT2D eigenvalue weighted by Gasteiger charge is 2.18. The predicted molar refractivity (Wildman–Crippen MR) is 62.7 cm³/mol. The molecule has 104 valence electrons. The van der Waals surface area contributed by atoms with Crippen molar-refractivity contribution in [3.63, 3.8) is 0 Å². The van der Waals surface area contributed by atoms with Crippen molar-refractivity contribution in [3.05, 3.63) is 34.1 Å². The summed E-state index contributed by atoms with van der Waals surface area (Å²) in [5.74, 6) is -3.08. The van der Waals surface area contributed by atoms with Gasteiger partial charge in [0.25, 0.3) is 0 Å². The maximum absolute atomic E-state index is 13.0. The summed E-state index contributed by atoms with van der Waals surface area (Å²) < 4.78 is 37.8. The van der Waals surface area contributed by atoms with Gasteiger partial charge in [-0.1, -0.05) is 0 Å². The van der Waals surface area contributed by atoms with E-state index in [4.69, 9.17) is 5.11 Å². The van der Waals surface area contributed by atoms with Crippen LogP contribution in [-0.4, -0.2) is 30.2 Å². The highest BCUT2D eigenvalue weighted by Crippen LogP contribution is 2.22. The maximum atomic E-state index is 13.0. The zero-order chi connectivity index (χ0) is 14.6. The summed E-state index contributed by atoms with van der Waals surface area (Å²) >= 11 is 0. The number of nitrogens with zero attached hydrogens (tertiary/aromatic N) is 1. The first kappa shape index (κ1) is 14.8. The van der Waals surface area contributed by atoms with Gasteiger partial charge in [0, 0.05) is 6.07 Å². The van der Waals surface area contributed by atoms with Crippen molar-refractivity contribution in [3.8, 4) is 0 Å². The Hall–Kier alpha value is -2.23. The van der Waals surface area contributed by atoms with Crippen LogP contribution in [0, 0.1) is 15.9 Å². The second kappa shape index (κ2) is 5.61. The Bertz CT molecular complexity index is 615. The number of benzene rings is 1. The van der Waals surface area contributed by atoms with E-state index in [2.05, 4.69) is 0 Å². The van der Waals surface area contributed by atoms with Gasteiger partial charge in [0.2, 0.25) is 15.8 Å². The lowest BCUT2D eigenvalue weighted by atomic mass is 10.3. The van der Waals surface area contributed by atoms with E-state index in [0.717, 1.165) is 12.1 Å². The molecule has 2 N–H and O–H groups in total. The second-order valence-corrected chi connectivity index (χ2v) is 5.33. The van der Waals surface area contributed by atoms with Crippen molar-refractivity contribution in [1.29, 1.82) is 0 Å². The van der Waals surface area contributed by atoms with Gasteiger partial charge in [-0.05, 0) is 12.1 Å². The number of hydrogen-bond acceptors (Lipinski definition) is 5. The van der Waals surface area contributed by atoms with Gasteiger partial charge >= 0.3 is 11.7 Å². The number of hydrogen-bond donors (Lipinski definition) is 2. The lowest BCUT2D eigenvalue weighted by molar-refractivity contribution is -0.387. The van der Waals surface area contributed by atoms with Crippen LogP contribution < -0.4 is 4.72 Å². The molecule has 0 aliphatic rings. The lowest BCUT2D eigenvalue weighted by Crippen LogP contribution is -2.19. The third-order valence-electron chi connectivity index (χ3n) is 2.00. The molecule has 0 spiro atoms. The molecule has 1 rings (SSSR count). The smallest absolute Gasteiger partial charge is 0.306 e. The number of rotatable bonds is 6. The van der Waals surface area contributed by atoms with Crippen LogP contribution in [0.1, 0.15) is 6.42 Å². The van der Waals surface area contributed by atoms with Crippen molar-refractivity contribution >= 4 is 27.4 Å². The number of sulfonamides is 1. The SMILES string of the molecule is O=C(O)CCS(=O)(=O)Nc1ccc(F)c([N+](=O)[O-])c1. The van der Waals surface area contributed by atoms with Crippen LogP contribution in [0.2, 0.25) is 0 Å². The molecule has 0 aliphatic carbocycles. The molecule has 0 fully saturated rings. The van der Waals surface area contributed by atoms with Gasteiger partial charge < -0.3 is 5.11 Å². The molecule has 0 unspecified atom stereocenters. The molecule has 0 aromatic heterocycles. The average Bonchev–Trinajstić information content (AvgIpc) is 2.28. The summed E-state index contributed by atoms with van der Waals surface area (Å²) in [7, 11) is -3.96. The highest BCUT2D eigenvalue weighted by atomic mass is 32.2. The number of halogens is 1. The summed E-state index contributed by atoms with van der Waals surface area (Å²) in [5, 5.41) is 18.8. The lowest BCUT2D eigenvalue weighted by Gasteiger charge is -2.06. The van der Waals surface area contributed by atoms with Crippen LogP contribution in [-0.2, 0) is 14.8 Å². The molecule has 0 heterocycles. The maximum Gasteiger partial charge on any atom is 0.306 e. The Kier molecular flexibility index (Phi) is 4.38. The first-order chi connectivity index (χ1) is 8.71. The van der Waals surface area contributed by atoms with Crippen molar-refractivity contribution in [2.45, 2.75) is 6.42 Å². The molecule has 8 nitrogen and oxygen atoms in total. The van der Waals surface area contributed by atoms with E-state index in [9.17, 15) is 27.7 Å². The van der Waals surface area contributed by atoms with Crippen LogP contribution in [0.15, 0.2) is 18.2 Å². The first-order valence-corrected chi connectivity index (χ1v) is 6.53. The molecule has 1 aromatic rings. The number of carboxylic acid groups (broad SMARTS) is 1. The molecule has 0 aliphatic heterocycles. The Morgan fingerprint density at radius 1 is 1.47 bits per heavy atom. The summed E-state index contributed by atoms with van der Waals surface area (Å²) in [6.45, 7) is 0. The predicted octanol–water partition coefficient (Wildman–Crippen LogP) is 0.950. The normalized spacial score (nSPS) is 11.0. The minimum Gasteiger partial charge on any atom is -0.481 e. The molecule has 0 saturated carbocycles. The minimum atomic E-state index is -3.96. The van der Waals surface area contributed by atoms with Crippen LogP contribution in [0.4, 0.5) is 15.8 Å². The summed E-state index contributed by atoms with van der Waals surface area (Å²) in [6.07, 6.45) is -0.612. The van der Waals surface area contributed by atoms with Crippen molar-refractivity contribution in [1.82, 2.24) is 0 Å². The minimum absolute atomic E-state index is 0.210. The Balaban J connectivity index is 2.91. The largest absolute Gasteiger partial charge is 0.481 e. The molecule has 0 atom stereocenters. The Morgan fingerprint density at radius 3 is 2.63 bits per heavy atom. The molecule has 10 heteroatoms. The van der Waals surface area contributed by atoms with Gasteiger partial charge in [-0.25, -0.2) is 8.42 Å².